The Morgan fingerprint density at radius 3 is 2.45 bits per heavy atom. The van der Waals surface area contributed by atoms with Crippen molar-refractivity contribution in [3.63, 3.8) is 0 Å². The minimum Gasteiger partial charge on any atom is -0.262 e. The predicted molar refractivity (Wildman–Crippen MR) is 43.1 cm³/mol. The molecule has 60 valence electrons. The summed E-state index contributed by atoms with van der Waals surface area (Å²) in [7, 11) is 0. The largest absolute Gasteiger partial charge is 0.262 e. The average molecular weight is 153 g/mol. The van der Waals surface area contributed by atoms with Crippen molar-refractivity contribution in [3.05, 3.63) is 29.6 Å². The van der Waals surface area contributed by atoms with Crippen LogP contribution >= 0.6 is 0 Å². The molecule has 0 aromatic carbocycles. The highest BCUT2D eigenvalue weighted by atomic mass is 19.1. The molecule has 0 radical (unpaired) electrons. The summed E-state index contributed by atoms with van der Waals surface area (Å²) in [5.74, 6) is 0. The summed E-state index contributed by atoms with van der Waals surface area (Å²) in [6, 6.07) is 3.47. The molecule has 0 bridgehead atoms. The molecule has 0 N–H and O–H groups in total. The van der Waals surface area contributed by atoms with E-state index in [1.54, 1.807) is 32.2 Å². The van der Waals surface area contributed by atoms with E-state index in [1.807, 2.05) is 6.92 Å². The Kier molecular flexibility index (Phi) is 1.94. The molecule has 0 atom stereocenters. The summed E-state index contributed by atoms with van der Waals surface area (Å²) >= 11 is 0. The normalized spacial score (nSPS) is 11.6. The summed E-state index contributed by atoms with van der Waals surface area (Å²) in [6.07, 6.45) is 1.63. The van der Waals surface area contributed by atoms with Crippen molar-refractivity contribution < 1.29 is 4.39 Å². The number of aromatic nitrogens is 1. The third-order valence-corrected chi connectivity index (χ3v) is 1.58. The average Bonchev–Trinajstić information content (AvgIpc) is 1.86. The molecule has 0 aliphatic heterocycles. The molecular formula is C9H12FN. The smallest absolute Gasteiger partial charge is 0.130 e. The van der Waals surface area contributed by atoms with E-state index in [9.17, 15) is 4.39 Å². The molecule has 0 aliphatic rings. The lowest BCUT2D eigenvalue weighted by atomic mass is 10.0. The van der Waals surface area contributed by atoms with Gasteiger partial charge in [0.1, 0.15) is 5.67 Å². The van der Waals surface area contributed by atoms with Crippen LogP contribution in [0.1, 0.15) is 25.1 Å². The highest BCUT2D eigenvalue weighted by Gasteiger charge is 2.18. The summed E-state index contributed by atoms with van der Waals surface area (Å²) < 4.78 is 13.3. The quantitative estimate of drug-likeness (QED) is 0.604. The summed E-state index contributed by atoms with van der Waals surface area (Å²) in [5.41, 5.74) is 0.284. The van der Waals surface area contributed by atoms with Crippen molar-refractivity contribution in [2.45, 2.75) is 26.4 Å². The number of hydrogen-bond acceptors (Lipinski definition) is 1. The van der Waals surface area contributed by atoms with Crippen molar-refractivity contribution >= 4 is 0 Å². The molecule has 1 heterocycles. The number of hydrogen-bond donors (Lipinski definition) is 0. The lowest BCUT2D eigenvalue weighted by molar-refractivity contribution is 0.221. The zero-order chi connectivity index (χ0) is 8.48. The molecule has 1 nitrogen and oxygen atoms in total. The van der Waals surface area contributed by atoms with Gasteiger partial charge in [0, 0.05) is 11.9 Å². The van der Waals surface area contributed by atoms with E-state index in [1.165, 1.54) is 0 Å². The first-order valence-electron chi connectivity index (χ1n) is 3.62. The number of rotatable bonds is 1. The molecule has 0 aliphatic carbocycles. The minimum atomic E-state index is -1.26. The van der Waals surface area contributed by atoms with Gasteiger partial charge in [-0.15, -0.1) is 0 Å². The fourth-order valence-corrected chi connectivity index (χ4v) is 0.915. The molecule has 1 aromatic rings. The first kappa shape index (κ1) is 8.18. The topological polar surface area (TPSA) is 12.9 Å². The van der Waals surface area contributed by atoms with E-state index in [2.05, 4.69) is 4.98 Å². The van der Waals surface area contributed by atoms with E-state index in [-0.39, 0.29) is 0 Å². The van der Waals surface area contributed by atoms with Crippen molar-refractivity contribution in [3.8, 4) is 0 Å². The molecule has 0 spiro atoms. The zero-order valence-corrected chi connectivity index (χ0v) is 7.06. The zero-order valence-electron chi connectivity index (χ0n) is 7.06. The third kappa shape index (κ3) is 2.00. The number of aryl methyl sites for hydroxylation is 1. The number of pyridine rings is 1. The highest BCUT2D eigenvalue weighted by molar-refractivity contribution is 5.20. The van der Waals surface area contributed by atoms with Crippen LogP contribution in [-0.4, -0.2) is 4.98 Å². The highest BCUT2D eigenvalue weighted by Crippen LogP contribution is 2.23. The van der Waals surface area contributed by atoms with Crippen molar-refractivity contribution in [2.75, 3.05) is 0 Å². The van der Waals surface area contributed by atoms with Gasteiger partial charge in [0.05, 0.1) is 0 Å². The molecule has 2 heteroatoms. The Labute approximate surface area is 66.3 Å². The van der Waals surface area contributed by atoms with Crippen LogP contribution < -0.4 is 0 Å². The van der Waals surface area contributed by atoms with Crippen molar-refractivity contribution in [1.29, 1.82) is 0 Å². The van der Waals surface area contributed by atoms with Crippen LogP contribution in [0.4, 0.5) is 4.39 Å². The summed E-state index contributed by atoms with van der Waals surface area (Å²) in [5, 5.41) is 0. The summed E-state index contributed by atoms with van der Waals surface area (Å²) in [6.45, 7) is 4.94. The second-order valence-electron chi connectivity index (χ2n) is 3.16. The SMILES string of the molecule is Cc1cc(C(C)(C)F)ccn1. The molecule has 11 heavy (non-hydrogen) atoms. The van der Waals surface area contributed by atoms with E-state index >= 15 is 0 Å². The van der Waals surface area contributed by atoms with Crippen LogP contribution in [0.3, 0.4) is 0 Å². The van der Waals surface area contributed by atoms with Gasteiger partial charge in [-0.25, -0.2) is 4.39 Å². The maximum Gasteiger partial charge on any atom is 0.130 e. The predicted octanol–water partition coefficient (Wildman–Crippen LogP) is 2.59. The molecule has 1 aromatic heterocycles. The number of nitrogens with zero attached hydrogens (tertiary/aromatic N) is 1. The van der Waals surface area contributed by atoms with Crippen LogP contribution in [0.15, 0.2) is 18.3 Å². The molecule has 0 unspecified atom stereocenters. The third-order valence-electron chi connectivity index (χ3n) is 1.58. The molecule has 0 amide bonds. The Morgan fingerprint density at radius 1 is 1.45 bits per heavy atom. The van der Waals surface area contributed by atoms with Crippen molar-refractivity contribution in [1.82, 2.24) is 4.98 Å². The van der Waals surface area contributed by atoms with E-state index in [0.717, 1.165) is 5.69 Å². The van der Waals surface area contributed by atoms with Crippen LogP contribution in [0.2, 0.25) is 0 Å². The van der Waals surface area contributed by atoms with E-state index in [0.29, 0.717) is 5.56 Å². The second kappa shape index (κ2) is 2.61. The van der Waals surface area contributed by atoms with Crippen LogP contribution in [0.5, 0.6) is 0 Å². The molecule has 0 saturated carbocycles. The van der Waals surface area contributed by atoms with Gasteiger partial charge < -0.3 is 0 Å². The minimum absolute atomic E-state index is 0.685. The standard InChI is InChI=1S/C9H12FN/c1-7-6-8(4-5-11-7)9(2,3)10/h4-6H,1-3H3. The fourth-order valence-electron chi connectivity index (χ4n) is 0.915. The van der Waals surface area contributed by atoms with Crippen LogP contribution in [0, 0.1) is 6.92 Å². The first-order chi connectivity index (χ1) is 5.00. The Morgan fingerprint density at radius 2 is 2.09 bits per heavy atom. The lowest BCUT2D eigenvalue weighted by Gasteiger charge is -2.14. The van der Waals surface area contributed by atoms with E-state index < -0.39 is 5.67 Å². The molecule has 1 rings (SSSR count). The number of halogens is 1. The van der Waals surface area contributed by atoms with E-state index in [4.69, 9.17) is 0 Å². The Bertz CT molecular complexity index is 250. The lowest BCUT2D eigenvalue weighted by Crippen LogP contribution is -2.09. The van der Waals surface area contributed by atoms with Gasteiger partial charge in [0.25, 0.3) is 0 Å². The van der Waals surface area contributed by atoms with Gasteiger partial charge in [-0.3, -0.25) is 4.98 Å². The summed E-state index contributed by atoms with van der Waals surface area (Å²) in [4.78, 5) is 3.99. The van der Waals surface area contributed by atoms with Crippen LogP contribution in [0.25, 0.3) is 0 Å². The number of alkyl halides is 1. The van der Waals surface area contributed by atoms with Gasteiger partial charge >= 0.3 is 0 Å². The first-order valence-corrected chi connectivity index (χ1v) is 3.62. The van der Waals surface area contributed by atoms with Gasteiger partial charge in [0.2, 0.25) is 0 Å². The Balaban J connectivity index is 3.06. The molecule has 0 saturated heterocycles. The maximum atomic E-state index is 13.3. The monoisotopic (exact) mass is 153 g/mol. The van der Waals surface area contributed by atoms with Gasteiger partial charge in [0.15, 0.2) is 0 Å². The molecular weight excluding hydrogens is 141 g/mol. The van der Waals surface area contributed by atoms with Crippen LogP contribution in [-0.2, 0) is 5.67 Å². The van der Waals surface area contributed by atoms with Gasteiger partial charge in [-0.2, -0.15) is 0 Å². The Hall–Kier alpha value is -0.920. The van der Waals surface area contributed by atoms with Crippen molar-refractivity contribution in [2.24, 2.45) is 0 Å². The van der Waals surface area contributed by atoms with Gasteiger partial charge in [-0.05, 0) is 38.5 Å². The maximum absolute atomic E-state index is 13.3. The molecule has 0 fully saturated rings. The van der Waals surface area contributed by atoms with Gasteiger partial charge in [-0.1, -0.05) is 0 Å². The second-order valence-corrected chi connectivity index (χ2v) is 3.16. The fraction of sp³-hybridized carbons (Fsp3) is 0.444.